The zero-order valence-corrected chi connectivity index (χ0v) is 9.88. The zero-order chi connectivity index (χ0) is 13.9. The van der Waals surface area contributed by atoms with Crippen LogP contribution in [0.3, 0.4) is 0 Å². The highest BCUT2D eigenvalue weighted by molar-refractivity contribution is 6.32. The molecule has 1 aromatic carbocycles. The quantitative estimate of drug-likeness (QED) is 0.512. The maximum atomic E-state index is 11.3. The van der Waals surface area contributed by atoms with Gasteiger partial charge in [0.25, 0.3) is 11.4 Å². The third-order valence-corrected chi connectivity index (χ3v) is 2.21. The molecule has 1 aromatic rings. The Labute approximate surface area is 106 Å². The molecular formula is C9H8ClN3O5. The smallest absolute Gasteiger partial charge is 0.299 e. The molecule has 18 heavy (non-hydrogen) atoms. The van der Waals surface area contributed by atoms with E-state index in [9.17, 15) is 25.0 Å². The number of alkyl halides is 1. The molecule has 96 valence electrons. The van der Waals surface area contributed by atoms with Gasteiger partial charge in [-0.1, -0.05) is 0 Å². The van der Waals surface area contributed by atoms with Gasteiger partial charge in [0.15, 0.2) is 0 Å². The van der Waals surface area contributed by atoms with Crippen molar-refractivity contribution in [2.75, 3.05) is 5.32 Å². The normalized spacial score (nSPS) is 11.7. The SMILES string of the molecule is CC(Cl)C(=O)Nc1ccc([N+](=O)[O-])cc1[N+](=O)[O-]. The Morgan fingerprint density at radius 1 is 1.33 bits per heavy atom. The van der Waals surface area contributed by atoms with Crippen molar-refractivity contribution < 1.29 is 14.6 Å². The van der Waals surface area contributed by atoms with Crippen LogP contribution >= 0.6 is 11.6 Å². The third kappa shape index (κ3) is 3.14. The van der Waals surface area contributed by atoms with E-state index in [1.165, 1.54) is 6.92 Å². The van der Waals surface area contributed by atoms with E-state index in [0.717, 1.165) is 18.2 Å². The van der Waals surface area contributed by atoms with Crippen LogP contribution in [0.25, 0.3) is 0 Å². The van der Waals surface area contributed by atoms with Crippen molar-refractivity contribution in [1.29, 1.82) is 0 Å². The highest BCUT2D eigenvalue weighted by atomic mass is 35.5. The predicted octanol–water partition coefficient (Wildman–Crippen LogP) is 2.07. The Morgan fingerprint density at radius 3 is 2.39 bits per heavy atom. The van der Waals surface area contributed by atoms with Crippen molar-refractivity contribution >= 4 is 34.6 Å². The molecule has 0 bridgehead atoms. The van der Waals surface area contributed by atoms with Crippen LogP contribution in [0.4, 0.5) is 17.1 Å². The molecule has 0 fully saturated rings. The predicted molar refractivity (Wildman–Crippen MR) is 63.7 cm³/mol. The summed E-state index contributed by atoms with van der Waals surface area (Å²) in [6, 6.07) is 2.92. The monoisotopic (exact) mass is 273 g/mol. The number of hydrogen-bond acceptors (Lipinski definition) is 5. The summed E-state index contributed by atoms with van der Waals surface area (Å²) in [7, 11) is 0. The Bertz CT molecular complexity index is 517. The molecule has 1 N–H and O–H groups in total. The van der Waals surface area contributed by atoms with Crippen molar-refractivity contribution in [3.63, 3.8) is 0 Å². The minimum absolute atomic E-state index is 0.136. The number of carbonyl (C=O) groups excluding carboxylic acids is 1. The number of halogens is 1. The summed E-state index contributed by atoms with van der Waals surface area (Å²) in [4.78, 5) is 31.0. The summed E-state index contributed by atoms with van der Waals surface area (Å²) in [6.07, 6.45) is 0. The van der Waals surface area contributed by atoms with Gasteiger partial charge in [-0.25, -0.2) is 0 Å². The number of nitrogens with zero attached hydrogens (tertiary/aromatic N) is 2. The van der Waals surface area contributed by atoms with Crippen LogP contribution in [-0.2, 0) is 4.79 Å². The molecule has 1 rings (SSSR count). The summed E-state index contributed by atoms with van der Waals surface area (Å²) in [5, 5.41) is 22.6. The van der Waals surface area contributed by atoms with E-state index in [1.54, 1.807) is 0 Å². The average Bonchev–Trinajstić information content (AvgIpc) is 2.28. The van der Waals surface area contributed by atoms with Crippen LogP contribution in [0.15, 0.2) is 18.2 Å². The van der Waals surface area contributed by atoms with Crippen LogP contribution in [-0.4, -0.2) is 21.1 Å². The van der Waals surface area contributed by atoms with Crippen LogP contribution in [0.1, 0.15) is 6.92 Å². The van der Waals surface area contributed by atoms with Crippen molar-refractivity contribution in [1.82, 2.24) is 0 Å². The number of nitro groups is 2. The molecule has 0 saturated carbocycles. The molecular weight excluding hydrogens is 266 g/mol. The summed E-state index contributed by atoms with van der Waals surface area (Å²) >= 11 is 5.50. The summed E-state index contributed by atoms with van der Waals surface area (Å²) in [5.41, 5.74) is -1.13. The minimum Gasteiger partial charge on any atom is -0.319 e. The van der Waals surface area contributed by atoms with Gasteiger partial charge in [-0.2, -0.15) is 0 Å². The Kier molecular flexibility index (Phi) is 4.16. The second-order valence-electron chi connectivity index (χ2n) is 3.32. The van der Waals surface area contributed by atoms with Crippen LogP contribution in [0.2, 0.25) is 0 Å². The van der Waals surface area contributed by atoms with E-state index in [-0.39, 0.29) is 5.69 Å². The molecule has 0 aromatic heterocycles. The molecule has 9 heteroatoms. The van der Waals surface area contributed by atoms with Crippen molar-refractivity contribution in [3.05, 3.63) is 38.4 Å². The Morgan fingerprint density at radius 2 is 1.94 bits per heavy atom. The zero-order valence-electron chi connectivity index (χ0n) is 9.12. The molecule has 0 aliphatic carbocycles. The maximum absolute atomic E-state index is 11.3. The number of nitro benzene ring substituents is 2. The highest BCUT2D eigenvalue weighted by Crippen LogP contribution is 2.29. The number of hydrogen-bond donors (Lipinski definition) is 1. The van der Waals surface area contributed by atoms with E-state index in [2.05, 4.69) is 5.32 Å². The lowest BCUT2D eigenvalue weighted by Gasteiger charge is -2.06. The second kappa shape index (κ2) is 5.41. The van der Waals surface area contributed by atoms with Crippen molar-refractivity contribution in [3.8, 4) is 0 Å². The van der Waals surface area contributed by atoms with Gasteiger partial charge in [0.2, 0.25) is 5.91 Å². The van der Waals surface area contributed by atoms with E-state index >= 15 is 0 Å². The standard InChI is InChI=1S/C9H8ClN3O5/c1-5(10)9(14)11-7-3-2-6(12(15)16)4-8(7)13(17)18/h2-5H,1H3,(H,11,14). The van der Waals surface area contributed by atoms with E-state index in [1.807, 2.05) is 0 Å². The van der Waals surface area contributed by atoms with Gasteiger partial charge in [-0.3, -0.25) is 25.0 Å². The van der Waals surface area contributed by atoms with Crippen molar-refractivity contribution in [2.45, 2.75) is 12.3 Å². The maximum Gasteiger partial charge on any atom is 0.299 e. The van der Waals surface area contributed by atoms with Crippen LogP contribution in [0, 0.1) is 20.2 Å². The first-order chi connectivity index (χ1) is 8.32. The molecule has 0 aliphatic rings. The fourth-order valence-corrected chi connectivity index (χ4v) is 1.18. The lowest BCUT2D eigenvalue weighted by atomic mass is 10.2. The molecule has 1 amide bonds. The Hall–Kier alpha value is -2.22. The number of nitrogens with one attached hydrogen (secondary N) is 1. The van der Waals surface area contributed by atoms with Gasteiger partial charge >= 0.3 is 0 Å². The summed E-state index contributed by atoms with van der Waals surface area (Å²) in [5.74, 6) is -0.631. The molecule has 0 aliphatic heterocycles. The first-order valence-corrected chi connectivity index (χ1v) is 5.14. The van der Waals surface area contributed by atoms with Crippen LogP contribution in [0.5, 0.6) is 0 Å². The van der Waals surface area contributed by atoms with Gasteiger partial charge in [-0.15, -0.1) is 11.6 Å². The van der Waals surface area contributed by atoms with E-state index < -0.39 is 32.5 Å². The number of anilines is 1. The fraction of sp³-hybridized carbons (Fsp3) is 0.222. The van der Waals surface area contributed by atoms with E-state index in [4.69, 9.17) is 11.6 Å². The number of non-ortho nitro benzene ring substituents is 1. The van der Waals surface area contributed by atoms with Gasteiger partial charge in [-0.05, 0) is 13.0 Å². The highest BCUT2D eigenvalue weighted by Gasteiger charge is 2.21. The van der Waals surface area contributed by atoms with Gasteiger partial charge < -0.3 is 5.32 Å². The van der Waals surface area contributed by atoms with E-state index in [0.29, 0.717) is 0 Å². The molecule has 0 radical (unpaired) electrons. The number of benzene rings is 1. The number of amides is 1. The number of rotatable bonds is 4. The lowest BCUT2D eigenvalue weighted by molar-refractivity contribution is -0.393. The largest absolute Gasteiger partial charge is 0.319 e. The lowest BCUT2D eigenvalue weighted by Crippen LogP contribution is -2.20. The molecule has 8 nitrogen and oxygen atoms in total. The third-order valence-electron chi connectivity index (χ3n) is 2.01. The Balaban J connectivity index is 3.16. The first-order valence-electron chi connectivity index (χ1n) is 4.70. The van der Waals surface area contributed by atoms with Crippen LogP contribution < -0.4 is 5.32 Å². The molecule has 1 unspecified atom stereocenters. The van der Waals surface area contributed by atoms with Gasteiger partial charge in [0, 0.05) is 6.07 Å². The average molecular weight is 274 g/mol. The number of carbonyl (C=O) groups is 1. The van der Waals surface area contributed by atoms with Gasteiger partial charge in [0.1, 0.15) is 11.1 Å². The minimum atomic E-state index is -0.875. The summed E-state index contributed by atoms with van der Waals surface area (Å²) < 4.78 is 0. The second-order valence-corrected chi connectivity index (χ2v) is 3.98. The van der Waals surface area contributed by atoms with Gasteiger partial charge in [0.05, 0.1) is 15.9 Å². The van der Waals surface area contributed by atoms with Crippen molar-refractivity contribution in [2.24, 2.45) is 0 Å². The summed E-state index contributed by atoms with van der Waals surface area (Å²) in [6.45, 7) is 1.40. The topological polar surface area (TPSA) is 115 Å². The molecule has 1 atom stereocenters. The first kappa shape index (κ1) is 13.8. The molecule has 0 saturated heterocycles. The fourth-order valence-electron chi connectivity index (χ4n) is 1.12. The molecule has 0 heterocycles. The molecule has 0 spiro atoms.